The normalized spacial score (nSPS) is 19.8. The first-order valence-electron chi connectivity index (χ1n) is 8.00. The van der Waals surface area contributed by atoms with Gasteiger partial charge in [-0.05, 0) is 31.2 Å². The van der Waals surface area contributed by atoms with E-state index in [0.29, 0.717) is 0 Å². The van der Waals surface area contributed by atoms with Crippen LogP contribution in [0.2, 0.25) is 0 Å². The van der Waals surface area contributed by atoms with E-state index in [1.807, 2.05) is 0 Å². The average molecular weight is 306 g/mol. The van der Waals surface area contributed by atoms with Gasteiger partial charge < -0.3 is 15.2 Å². The fraction of sp³-hybridized carbons (Fsp3) is 0.600. The summed E-state index contributed by atoms with van der Waals surface area (Å²) in [6.07, 6.45) is 4.62. The maximum Gasteiger partial charge on any atom is 0.260 e. The monoisotopic (exact) mass is 306 g/mol. The Morgan fingerprint density at radius 1 is 1.24 bits per heavy atom. The van der Waals surface area contributed by atoms with Gasteiger partial charge in [0.25, 0.3) is 5.56 Å². The van der Waals surface area contributed by atoms with Crippen LogP contribution in [0.3, 0.4) is 0 Å². The van der Waals surface area contributed by atoms with Gasteiger partial charge >= 0.3 is 0 Å². The third-order valence-corrected chi connectivity index (χ3v) is 5.88. The molecule has 4 N–H and O–H groups in total. The highest BCUT2D eigenvalue weighted by atomic mass is 32.1. The maximum atomic E-state index is 12.5. The van der Waals surface area contributed by atoms with E-state index in [0.717, 1.165) is 48.5 Å². The molecule has 112 valence electrons. The summed E-state index contributed by atoms with van der Waals surface area (Å²) in [5, 5.41) is 3.23. The zero-order chi connectivity index (χ0) is 14.2. The lowest BCUT2D eigenvalue weighted by Gasteiger charge is -2.21. The Balaban J connectivity index is 1.70. The Morgan fingerprint density at radius 2 is 2.05 bits per heavy atom. The molecule has 3 heterocycles. The molecule has 0 saturated carbocycles. The number of nitrogens with zero attached hydrogens (tertiary/aromatic N) is 1. The number of thiophene rings is 1. The number of piperazine rings is 1. The molecule has 0 atom stereocenters. The van der Waals surface area contributed by atoms with Gasteiger partial charge in [-0.1, -0.05) is 0 Å². The fourth-order valence-electron chi connectivity index (χ4n) is 3.59. The molecule has 0 bridgehead atoms. The van der Waals surface area contributed by atoms with Gasteiger partial charge in [0.15, 0.2) is 5.82 Å². The average Bonchev–Trinajstić information content (AvgIpc) is 2.87. The molecule has 21 heavy (non-hydrogen) atoms. The van der Waals surface area contributed by atoms with Crippen LogP contribution in [-0.4, -0.2) is 36.1 Å². The number of fused-ring (bicyclic) bond motifs is 3. The van der Waals surface area contributed by atoms with Gasteiger partial charge in [-0.2, -0.15) is 0 Å². The Bertz CT molecular complexity index is 714. The lowest BCUT2D eigenvalue weighted by Crippen LogP contribution is -3.19. The number of nitrogens with two attached hydrogens (primary N) is 1. The number of H-pyrrole nitrogens is 1. The van der Waals surface area contributed by atoms with Crippen LogP contribution in [0.5, 0.6) is 0 Å². The molecule has 0 aromatic carbocycles. The Kier molecular flexibility index (Phi) is 3.52. The molecule has 0 radical (unpaired) electrons. The number of aromatic amines is 1. The highest BCUT2D eigenvalue weighted by Gasteiger charge is 2.22. The Hall–Kier alpha value is -1.24. The topological polar surface area (TPSA) is 66.8 Å². The van der Waals surface area contributed by atoms with Gasteiger partial charge in [0.1, 0.15) is 37.6 Å². The second-order valence-electron chi connectivity index (χ2n) is 6.20. The maximum absolute atomic E-state index is 12.5. The van der Waals surface area contributed by atoms with E-state index in [4.69, 9.17) is 4.98 Å². The largest absolute Gasteiger partial charge is 0.337 e. The van der Waals surface area contributed by atoms with E-state index in [2.05, 4.69) is 10.3 Å². The summed E-state index contributed by atoms with van der Waals surface area (Å²) in [7, 11) is 0. The third-order valence-electron chi connectivity index (χ3n) is 4.70. The predicted molar refractivity (Wildman–Crippen MR) is 82.9 cm³/mol. The smallest absolute Gasteiger partial charge is 0.260 e. The number of rotatable bonds is 2. The molecule has 0 amide bonds. The van der Waals surface area contributed by atoms with Crippen LogP contribution in [0.15, 0.2) is 4.79 Å². The molecule has 1 saturated heterocycles. The first kappa shape index (κ1) is 13.4. The van der Waals surface area contributed by atoms with Crippen LogP contribution in [-0.2, 0) is 19.4 Å². The Morgan fingerprint density at radius 3 is 2.90 bits per heavy atom. The van der Waals surface area contributed by atoms with Crippen molar-refractivity contribution in [2.24, 2.45) is 0 Å². The van der Waals surface area contributed by atoms with Crippen LogP contribution < -0.4 is 15.8 Å². The number of nitrogens with one attached hydrogen (secondary N) is 2. The molecule has 0 unspecified atom stereocenters. The molecule has 1 fully saturated rings. The zero-order valence-electron chi connectivity index (χ0n) is 12.2. The van der Waals surface area contributed by atoms with E-state index in [9.17, 15) is 4.79 Å². The Labute approximate surface area is 127 Å². The van der Waals surface area contributed by atoms with Crippen molar-refractivity contribution in [3.05, 3.63) is 26.6 Å². The minimum atomic E-state index is 0.0809. The summed E-state index contributed by atoms with van der Waals surface area (Å²) >= 11 is 1.74. The molecular weight excluding hydrogens is 284 g/mol. The van der Waals surface area contributed by atoms with Crippen molar-refractivity contribution in [2.45, 2.75) is 32.2 Å². The van der Waals surface area contributed by atoms with E-state index >= 15 is 0 Å². The van der Waals surface area contributed by atoms with Crippen LogP contribution in [0.4, 0.5) is 0 Å². The van der Waals surface area contributed by atoms with Gasteiger partial charge in [0, 0.05) is 4.88 Å². The van der Waals surface area contributed by atoms with Crippen molar-refractivity contribution < 1.29 is 10.2 Å². The number of quaternary nitrogens is 2. The summed E-state index contributed by atoms with van der Waals surface area (Å²) in [6, 6.07) is 0. The first-order valence-corrected chi connectivity index (χ1v) is 8.81. The van der Waals surface area contributed by atoms with Crippen molar-refractivity contribution in [1.82, 2.24) is 9.97 Å². The summed E-state index contributed by atoms with van der Waals surface area (Å²) in [5.41, 5.74) is 1.36. The minimum Gasteiger partial charge on any atom is -0.337 e. The van der Waals surface area contributed by atoms with Crippen LogP contribution >= 0.6 is 11.3 Å². The first-order chi connectivity index (χ1) is 10.3. The van der Waals surface area contributed by atoms with Crippen molar-refractivity contribution in [3.63, 3.8) is 0 Å². The van der Waals surface area contributed by atoms with E-state index in [-0.39, 0.29) is 5.56 Å². The van der Waals surface area contributed by atoms with Crippen LogP contribution in [0, 0.1) is 0 Å². The van der Waals surface area contributed by atoms with Crippen molar-refractivity contribution in [3.8, 4) is 0 Å². The number of aryl methyl sites for hydroxylation is 2. The van der Waals surface area contributed by atoms with Gasteiger partial charge in [-0.25, -0.2) is 4.98 Å². The predicted octanol–water partition coefficient (Wildman–Crippen LogP) is -1.17. The quantitative estimate of drug-likeness (QED) is 0.654. The van der Waals surface area contributed by atoms with Crippen LogP contribution in [0.1, 0.15) is 29.1 Å². The summed E-state index contributed by atoms with van der Waals surface area (Å²) < 4.78 is 0. The van der Waals surface area contributed by atoms with E-state index < -0.39 is 0 Å². The summed E-state index contributed by atoms with van der Waals surface area (Å²) in [6.45, 7) is 5.51. The number of hydrogen-bond acceptors (Lipinski definition) is 3. The van der Waals surface area contributed by atoms with Gasteiger partial charge in [0.2, 0.25) is 0 Å². The van der Waals surface area contributed by atoms with Gasteiger partial charge in [0.05, 0.1) is 5.39 Å². The molecule has 6 heteroatoms. The second-order valence-corrected chi connectivity index (χ2v) is 7.28. The third kappa shape index (κ3) is 2.52. The standard InChI is InChI=1S/C15H20N4OS/c20-14-13-10-3-1-2-4-11(10)21-15(13)18-12(17-14)9-19-7-5-16-6-8-19/h16H,1-9H2,(H,17,18,20)/p+2. The summed E-state index contributed by atoms with van der Waals surface area (Å²) in [4.78, 5) is 24.2. The van der Waals surface area contributed by atoms with E-state index in [1.54, 1.807) is 11.3 Å². The zero-order valence-corrected chi connectivity index (χ0v) is 13.0. The molecular formula is C15H22N4OS+2. The van der Waals surface area contributed by atoms with E-state index in [1.165, 1.54) is 41.3 Å². The van der Waals surface area contributed by atoms with Crippen LogP contribution in [0.25, 0.3) is 10.2 Å². The van der Waals surface area contributed by atoms with Gasteiger partial charge in [-0.15, -0.1) is 11.3 Å². The molecule has 0 spiro atoms. The molecule has 5 nitrogen and oxygen atoms in total. The lowest BCUT2D eigenvalue weighted by atomic mass is 9.97. The van der Waals surface area contributed by atoms with Crippen molar-refractivity contribution >= 4 is 21.6 Å². The minimum absolute atomic E-state index is 0.0809. The highest BCUT2D eigenvalue weighted by Crippen LogP contribution is 2.33. The molecule has 2 aliphatic rings. The number of hydrogen-bond donors (Lipinski definition) is 3. The second kappa shape index (κ2) is 5.51. The molecule has 2 aromatic heterocycles. The molecule has 4 rings (SSSR count). The van der Waals surface area contributed by atoms with Crippen molar-refractivity contribution in [2.75, 3.05) is 26.2 Å². The summed E-state index contributed by atoms with van der Waals surface area (Å²) in [5.74, 6) is 0.864. The van der Waals surface area contributed by atoms with Crippen molar-refractivity contribution in [1.29, 1.82) is 0 Å². The fourth-order valence-corrected chi connectivity index (χ4v) is 4.87. The molecule has 2 aromatic rings. The molecule has 1 aliphatic carbocycles. The highest BCUT2D eigenvalue weighted by molar-refractivity contribution is 7.18. The molecule has 1 aliphatic heterocycles. The lowest BCUT2D eigenvalue weighted by molar-refractivity contribution is -0.958. The number of aromatic nitrogens is 2. The SMILES string of the molecule is O=c1[nH]c(C[NH+]2CC[NH2+]CC2)nc2sc3c(c12)CCCC3. The van der Waals surface area contributed by atoms with Gasteiger partial charge in [-0.3, -0.25) is 4.79 Å².